The number of anilines is 1. The molecular formula is C20H24N4O5S. The lowest BCUT2D eigenvalue weighted by Gasteiger charge is -2.46. The maximum Gasteiger partial charge on any atom is 0.275 e. The monoisotopic (exact) mass is 432 g/mol. The van der Waals surface area contributed by atoms with E-state index in [0.29, 0.717) is 36.9 Å². The highest BCUT2D eigenvalue weighted by molar-refractivity contribution is 7.92. The van der Waals surface area contributed by atoms with Gasteiger partial charge in [0.25, 0.3) is 5.91 Å². The third-order valence-electron chi connectivity index (χ3n) is 5.74. The van der Waals surface area contributed by atoms with Crippen LogP contribution in [0.25, 0.3) is 0 Å². The van der Waals surface area contributed by atoms with Crippen LogP contribution in [-0.4, -0.2) is 55.1 Å². The summed E-state index contributed by atoms with van der Waals surface area (Å²) in [6, 6.07) is 5.23. The first-order chi connectivity index (χ1) is 14.2. The Bertz CT molecular complexity index is 1080. The number of nitrogens with one attached hydrogen (secondary N) is 2. The maximum absolute atomic E-state index is 12.9. The molecule has 1 amide bonds. The Morgan fingerprint density at radius 1 is 1.27 bits per heavy atom. The SMILES string of the molecule is COc1cnc(C(=O)Nc2ccc3c(c2)[C@]2(CCO3)CS(=O)(=O)C(C)(C)CN2)cn1. The van der Waals surface area contributed by atoms with E-state index in [4.69, 9.17) is 9.47 Å². The number of hydrogen-bond donors (Lipinski definition) is 2. The number of carbonyl (C=O) groups is 1. The Balaban J connectivity index is 1.63. The number of sulfone groups is 1. The van der Waals surface area contributed by atoms with Crippen LogP contribution in [0.1, 0.15) is 36.3 Å². The van der Waals surface area contributed by atoms with Crippen molar-refractivity contribution in [2.45, 2.75) is 30.6 Å². The molecule has 0 bridgehead atoms. The predicted octanol–water partition coefficient (Wildman–Crippen LogP) is 1.51. The van der Waals surface area contributed by atoms with Gasteiger partial charge in [-0.3, -0.25) is 4.79 Å². The van der Waals surface area contributed by atoms with Gasteiger partial charge in [0.05, 0.1) is 42.1 Å². The first-order valence-electron chi connectivity index (χ1n) is 9.58. The second kappa shape index (κ2) is 7.21. The van der Waals surface area contributed by atoms with E-state index in [9.17, 15) is 13.2 Å². The van der Waals surface area contributed by atoms with Crippen LogP contribution in [0.5, 0.6) is 11.6 Å². The van der Waals surface area contributed by atoms with Gasteiger partial charge in [0.1, 0.15) is 11.4 Å². The summed E-state index contributed by atoms with van der Waals surface area (Å²) in [5.41, 5.74) is 0.638. The molecule has 0 saturated carbocycles. The van der Waals surface area contributed by atoms with Gasteiger partial charge in [-0.25, -0.2) is 18.4 Å². The number of aromatic nitrogens is 2. The van der Waals surface area contributed by atoms with Gasteiger partial charge < -0.3 is 20.1 Å². The zero-order chi connectivity index (χ0) is 21.6. The lowest BCUT2D eigenvalue weighted by Crippen LogP contribution is -2.62. The summed E-state index contributed by atoms with van der Waals surface area (Å²) < 4.78 is 35.7. The predicted molar refractivity (Wildman–Crippen MR) is 111 cm³/mol. The van der Waals surface area contributed by atoms with Gasteiger partial charge in [0.2, 0.25) is 5.88 Å². The number of hydrogen-bond acceptors (Lipinski definition) is 8. The number of fused-ring (bicyclic) bond motifs is 2. The summed E-state index contributed by atoms with van der Waals surface area (Å²) in [6.07, 6.45) is 3.22. The van der Waals surface area contributed by atoms with Gasteiger partial charge in [-0.05, 0) is 32.0 Å². The normalized spacial score (nSPS) is 23.8. The largest absolute Gasteiger partial charge is 0.493 e. The second-order valence-corrected chi connectivity index (χ2v) is 10.8. The smallest absolute Gasteiger partial charge is 0.275 e. The summed E-state index contributed by atoms with van der Waals surface area (Å²) in [5, 5.41) is 6.24. The fourth-order valence-corrected chi connectivity index (χ4v) is 5.44. The Kier molecular flexibility index (Phi) is 4.94. The van der Waals surface area contributed by atoms with Crippen molar-refractivity contribution < 1.29 is 22.7 Å². The van der Waals surface area contributed by atoms with Gasteiger partial charge in [0, 0.05) is 24.2 Å². The van der Waals surface area contributed by atoms with E-state index in [0.717, 1.165) is 5.56 Å². The van der Waals surface area contributed by atoms with Gasteiger partial charge in [-0.15, -0.1) is 0 Å². The van der Waals surface area contributed by atoms with Gasteiger partial charge in [0.15, 0.2) is 9.84 Å². The molecule has 10 heteroatoms. The molecule has 3 heterocycles. The highest BCUT2D eigenvalue weighted by atomic mass is 32.2. The number of ether oxygens (including phenoxy) is 2. The number of methoxy groups -OCH3 is 1. The molecule has 2 aromatic rings. The molecule has 2 N–H and O–H groups in total. The highest BCUT2D eigenvalue weighted by Crippen LogP contribution is 2.43. The minimum atomic E-state index is -3.33. The molecule has 1 saturated heterocycles. The Morgan fingerprint density at radius 3 is 2.73 bits per heavy atom. The Labute approximate surface area is 175 Å². The van der Waals surface area contributed by atoms with Crippen LogP contribution in [0.4, 0.5) is 5.69 Å². The second-order valence-electron chi connectivity index (χ2n) is 8.16. The molecule has 2 aliphatic rings. The summed E-state index contributed by atoms with van der Waals surface area (Å²) >= 11 is 0. The van der Waals surface area contributed by atoms with Crippen molar-refractivity contribution in [3.05, 3.63) is 41.9 Å². The topological polar surface area (TPSA) is 120 Å². The van der Waals surface area contributed by atoms with Crippen LogP contribution < -0.4 is 20.1 Å². The molecule has 2 aliphatic heterocycles. The molecule has 1 spiro atoms. The Morgan fingerprint density at radius 2 is 2.07 bits per heavy atom. The van der Waals surface area contributed by atoms with Crippen molar-refractivity contribution in [3.8, 4) is 11.6 Å². The first kappa shape index (κ1) is 20.5. The minimum absolute atomic E-state index is 0.0231. The fraction of sp³-hybridized carbons (Fsp3) is 0.450. The number of amides is 1. The van der Waals surface area contributed by atoms with Gasteiger partial charge in [-0.2, -0.15) is 0 Å². The summed E-state index contributed by atoms with van der Waals surface area (Å²) in [5.74, 6) is 0.476. The molecule has 4 rings (SSSR count). The van der Waals surface area contributed by atoms with E-state index in [-0.39, 0.29) is 11.4 Å². The molecule has 160 valence electrons. The summed E-state index contributed by atoms with van der Waals surface area (Å²) in [6.45, 7) is 4.22. The standard InChI is InChI=1S/C20H24N4O5S/c1-19(2)11-23-20(12-30(19,26)27)6-7-29-16-5-4-13(8-14(16)20)24-18(25)15-9-22-17(28-3)10-21-15/h4-5,8-10,23H,6-7,11-12H2,1-3H3,(H,24,25)/t20-/m0/s1. The van der Waals surface area contributed by atoms with Crippen LogP contribution >= 0.6 is 0 Å². The Hall–Kier alpha value is -2.72. The fourth-order valence-electron chi connectivity index (χ4n) is 3.71. The van der Waals surface area contributed by atoms with Gasteiger partial charge >= 0.3 is 0 Å². The first-order valence-corrected chi connectivity index (χ1v) is 11.2. The quantitative estimate of drug-likeness (QED) is 0.749. The van der Waals surface area contributed by atoms with Crippen molar-refractivity contribution in [2.75, 3.05) is 31.3 Å². The molecule has 1 fully saturated rings. The minimum Gasteiger partial charge on any atom is -0.493 e. The van der Waals surface area contributed by atoms with E-state index >= 15 is 0 Å². The van der Waals surface area contributed by atoms with Crippen LogP contribution in [-0.2, 0) is 15.4 Å². The van der Waals surface area contributed by atoms with Crippen molar-refractivity contribution in [1.82, 2.24) is 15.3 Å². The van der Waals surface area contributed by atoms with E-state index in [1.807, 2.05) is 0 Å². The van der Waals surface area contributed by atoms with Crippen molar-refractivity contribution >= 4 is 21.4 Å². The number of nitrogens with zero attached hydrogens (tertiary/aromatic N) is 2. The van der Waals surface area contributed by atoms with Crippen LogP contribution in [0, 0.1) is 0 Å². The third-order valence-corrected chi connectivity index (χ3v) is 8.44. The summed E-state index contributed by atoms with van der Waals surface area (Å²) in [4.78, 5) is 20.6. The van der Waals surface area contributed by atoms with Crippen LogP contribution in [0.2, 0.25) is 0 Å². The van der Waals surface area contributed by atoms with Gasteiger partial charge in [-0.1, -0.05) is 0 Å². The van der Waals surface area contributed by atoms with Crippen molar-refractivity contribution in [3.63, 3.8) is 0 Å². The molecule has 0 radical (unpaired) electrons. The zero-order valence-electron chi connectivity index (χ0n) is 17.1. The van der Waals surface area contributed by atoms with Crippen molar-refractivity contribution in [1.29, 1.82) is 0 Å². The highest BCUT2D eigenvalue weighted by Gasteiger charge is 2.51. The van der Waals surface area contributed by atoms with E-state index in [1.54, 1.807) is 32.0 Å². The molecule has 0 unspecified atom stereocenters. The summed E-state index contributed by atoms with van der Waals surface area (Å²) in [7, 11) is -1.87. The van der Waals surface area contributed by atoms with Crippen LogP contribution in [0.15, 0.2) is 30.6 Å². The zero-order valence-corrected chi connectivity index (χ0v) is 17.9. The molecule has 30 heavy (non-hydrogen) atoms. The molecule has 1 aromatic carbocycles. The van der Waals surface area contributed by atoms with E-state index in [1.165, 1.54) is 19.5 Å². The lowest BCUT2D eigenvalue weighted by atomic mass is 9.85. The average molecular weight is 433 g/mol. The third kappa shape index (κ3) is 3.50. The van der Waals surface area contributed by atoms with Crippen LogP contribution in [0.3, 0.4) is 0 Å². The molecule has 0 aliphatic carbocycles. The number of rotatable bonds is 3. The van der Waals surface area contributed by atoms with Crippen molar-refractivity contribution in [2.24, 2.45) is 0 Å². The lowest BCUT2D eigenvalue weighted by molar-refractivity contribution is 0.102. The molecule has 1 aromatic heterocycles. The number of carbonyl (C=O) groups excluding carboxylic acids is 1. The number of benzene rings is 1. The molecule has 1 atom stereocenters. The molecule has 9 nitrogen and oxygen atoms in total. The molecular weight excluding hydrogens is 408 g/mol. The van der Waals surface area contributed by atoms with E-state index < -0.39 is 26.0 Å². The average Bonchev–Trinajstić information content (AvgIpc) is 2.72. The van der Waals surface area contributed by atoms with E-state index in [2.05, 4.69) is 20.6 Å². The maximum atomic E-state index is 12.9.